The van der Waals surface area contributed by atoms with E-state index in [0.29, 0.717) is 13.1 Å². The minimum Gasteiger partial charge on any atom is -0.387 e. The predicted octanol–water partition coefficient (Wildman–Crippen LogP) is 0.0841. The monoisotopic (exact) mass is 242 g/mol. The van der Waals surface area contributed by atoms with Gasteiger partial charge < -0.3 is 14.9 Å². The van der Waals surface area contributed by atoms with Crippen molar-refractivity contribution in [2.24, 2.45) is 5.92 Å². The molecule has 0 saturated carbocycles. The Kier molecular flexibility index (Phi) is 4.93. The van der Waals surface area contributed by atoms with Crippen molar-refractivity contribution in [2.45, 2.75) is 32.7 Å². The van der Waals surface area contributed by atoms with E-state index in [1.807, 2.05) is 18.7 Å². The van der Waals surface area contributed by atoms with Crippen LogP contribution in [0.5, 0.6) is 0 Å². The normalized spacial score (nSPS) is 17.4. The minimum atomic E-state index is -0.443. The van der Waals surface area contributed by atoms with Gasteiger partial charge in [-0.1, -0.05) is 13.8 Å². The van der Waals surface area contributed by atoms with Crippen LogP contribution in [0.2, 0.25) is 0 Å². The number of rotatable bonds is 3. The molecule has 0 unspecified atom stereocenters. The lowest BCUT2D eigenvalue weighted by molar-refractivity contribution is -0.138. The number of amides is 2. The van der Waals surface area contributed by atoms with E-state index < -0.39 is 6.61 Å². The molecule has 17 heavy (non-hydrogen) atoms. The van der Waals surface area contributed by atoms with Gasteiger partial charge in [0.2, 0.25) is 11.8 Å². The maximum absolute atomic E-state index is 11.8. The van der Waals surface area contributed by atoms with Crippen molar-refractivity contribution in [2.75, 3.05) is 26.7 Å². The van der Waals surface area contributed by atoms with Gasteiger partial charge in [-0.3, -0.25) is 9.59 Å². The lowest BCUT2D eigenvalue weighted by atomic mass is 10.0. The van der Waals surface area contributed by atoms with Crippen molar-refractivity contribution in [3.05, 3.63) is 0 Å². The number of hydrogen-bond acceptors (Lipinski definition) is 3. The molecule has 5 nitrogen and oxygen atoms in total. The molecule has 1 N–H and O–H groups in total. The number of hydrogen-bond donors (Lipinski definition) is 1. The molecular formula is C12H22N2O3. The zero-order valence-corrected chi connectivity index (χ0v) is 10.8. The number of carbonyl (C=O) groups is 2. The highest BCUT2D eigenvalue weighted by atomic mass is 16.3. The van der Waals surface area contributed by atoms with Gasteiger partial charge in [0, 0.05) is 32.1 Å². The molecule has 0 atom stereocenters. The Balaban J connectivity index is 2.45. The third-order valence-corrected chi connectivity index (χ3v) is 3.35. The number of piperidine rings is 1. The van der Waals surface area contributed by atoms with Crippen LogP contribution in [-0.4, -0.2) is 59.5 Å². The molecule has 0 aromatic heterocycles. The Morgan fingerprint density at radius 3 is 2.29 bits per heavy atom. The Hall–Kier alpha value is -1.10. The number of aliphatic hydroxyl groups is 1. The summed E-state index contributed by atoms with van der Waals surface area (Å²) in [4.78, 5) is 26.6. The molecule has 0 aliphatic carbocycles. The maximum atomic E-state index is 11.8. The van der Waals surface area contributed by atoms with E-state index in [1.165, 1.54) is 0 Å². The summed E-state index contributed by atoms with van der Waals surface area (Å²) >= 11 is 0. The lowest BCUT2D eigenvalue weighted by Crippen LogP contribution is -2.48. The van der Waals surface area contributed by atoms with Gasteiger partial charge in [-0.05, 0) is 12.8 Å². The summed E-state index contributed by atoms with van der Waals surface area (Å²) in [5.41, 5.74) is 0. The number of carbonyl (C=O) groups excluding carboxylic acids is 2. The highest BCUT2D eigenvalue weighted by molar-refractivity contribution is 5.78. The standard InChI is InChI=1S/C12H22N2O3/c1-9(2)12(17)14-6-4-10(5-7-14)13(3)11(16)8-15/h9-10,15H,4-8H2,1-3H3. The first kappa shape index (κ1) is 14.0. The van der Waals surface area contributed by atoms with Crippen LogP contribution in [0.3, 0.4) is 0 Å². The van der Waals surface area contributed by atoms with Crippen LogP contribution in [0, 0.1) is 5.92 Å². The van der Waals surface area contributed by atoms with Crippen LogP contribution < -0.4 is 0 Å². The lowest BCUT2D eigenvalue weighted by Gasteiger charge is -2.37. The van der Waals surface area contributed by atoms with Gasteiger partial charge in [-0.15, -0.1) is 0 Å². The molecule has 0 spiro atoms. The second kappa shape index (κ2) is 6.00. The SMILES string of the molecule is CC(C)C(=O)N1CCC(N(C)C(=O)CO)CC1. The average Bonchev–Trinajstić information content (AvgIpc) is 2.36. The Labute approximate surface area is 102 Å². The molecule has 98 valence electrons. The first-order valence-corrected chi connectivity index (χ1v) is 6.12. The Morgan fingerprint density at radius 2 is 1.88 bits per heavy atom. The van der Waals surface area contributed by atoms with Gasteiger partial charge in [0.1, 0.15) is 6.61 Å². The maximum Gasteiger partial charge on any atom is 0.248 e. The van der Waals surface area contributed by atoms with Crippen LogP contribution in [0.1, 0.15) is 26.7 Å². The molecule has 1 aliphatic rings. The molecular weight excluding hydrogens is 220 g/mol. The van der Waals surface area contributed by atoms with Crippen LogP contribution >= 0.6 is 0 Å². The van der Waals surface area contributed by atoms with Gasteiger partial charge in [-0.25, -0.2) is 0 Å². The van der Waals surface area contributed by atoms with Crippen molar-refractivity contribution < 1.29 is 14.7 Å². The second-order valence-electron chi connectivity index (χ2n) is 4.87. The van der Waals surface area contributed by atoms with Gasteiger partial charge in [0.05, 0.1) is 0 Å². The highest BCUT2D eigenvalue weighted by Gasteiger charge is 2.27. The van der Waals surface area contributed by atoms with E-state index in [2.05, 4.69) is 0 Å². The van der Waals surface area contributed by atoms with Gasteiger partial charge in [0.25, 0.3) is 0 Å². The number of likely N-dealkylation sites (tertiary alicyclic amines) is 1. The molecule has 0 aromatic carbocycles. The molecule has 1 rings (SSSR count). The molecule has 0 radical (unpaired) electrons. The topological polar surface area (TPSA) is 60.9 Å². The zero-order chi connectivity index (χ0) is 13.0. The number of nitrogens with zero attached hydrogens (tertiary/aromatic N) is 2. The fourth-order valence-electron chi connectivity index (χ4n) is 2.15. The summed E-state index contributed by atoms with van der Waals surface area (Å²) in [7, 11) is 1.71. The summed E-state index contributed by atoms with van der Waals surface area (Å²) < 4.78 is 0. The predicted molar refractivity (Wildman–Crippen MR) is 64.3 cm³/mol. The number of likely N-dealkylation sites (N-methyl/N-ethyl adjacent to an activating group) is 1. The van der Waals surface area contributed by atoms with E-state index in [4.69, 9.17) is 5.11 Å². The van der Waals surface area contributed by atoms with Crippen molar-refractivity contribution in [1.82, 2.24) is 9.80 Å². The molecule has 0 bridgehead atoms. The fraction of sp³-hybridized carbons (Fsp3) is 0.833. The van der Waals surface area contributed by atoms with Crippen LogP contribution in [0.15, 0.2) is 0 Å². The van der Waals surface area contributed by atoms with Crippen LogP contribution in [-0.2, 0) is 9.59 Å². The van der Waals surface area contributed by atoms with Crippen LogP contribution in [0.25, 0.3) is 0 Å². The average molecular weight is 242 g/mol. The highest BCUT2D eigenvalue weighted by Crippen LogP contribution is 2.17. The molecule has 2 amide bonds. The summed E-state index contributed by atoms with van der Waals surface area (Å²) in [6.45, 7) is 4.75. The summed E-state index contributed by atoms with van der Waals surface area (Å²) in [5.74, 6) is -0.0402. The summed E-state index contributed by atoms with van der Waals surface area (Å²) in [6.07, 6.45) is 1.58. The van der Waals surface area contributed by atoms with Gasteiger partial charge in [0.15, 0.2) is 0 Å². The smallest absolute Gasteiger partial charge is 0.248 e. The molecule has 0 aromatic rings. The van der Waals surface area contributed by atoms with E-state index in [1.54, 1.807) is 11.9 Å². The molecule has 1 heterocycles. The summed E-state index contributed by atoms with van der Waals surface area (Å²) in [5, 5.41) is 8.79. The summed E-state index contributed by atoms with van der Waals surface area (Å²) in [6, 6.07) is 0.144. The number of aliphatic hydroxyl groups excluding tert-OH is 1. The van der Waals surface area contributed by atoms with E-state index in [9.17, 15) is 9.59 Å². The Morgan fingerprint density at radius 1 is 1.35 bits per heavy atom. The third-order valence-electron chi connectivity index (χ3n) is 3.35. The first-order chi connectivity index (χ1) is 7.97. The van der Waals surface area contributed by atoms with E-state index >= 15 is 0 Å². The van der Waals surface area contributed by atoms with E-state index in [0.717, 1.165) is 12.8 Å². The molecule has 1 fully saturated rings. The first-order valence-electron chi connectivity index (χ1n) is 6.12. The van der Waals surface area contributed by atoms with Crippen molar-refractivity contribution in [3.8, 4) is 0 Å². The van der Waals surface area contributed by atoms with E-state index in [-0.39, 0.29) is 23.8 Å². The minimum absolute atomic E-state index is 0.0309. The van der Waals surface area contributed by atoms with Gasteiger partial charge in [-0.2, -0.15) is 0 Å². The van der Waals surface area contributed by atoms with Gasteiger partial charge >= 0.3 is 0 Å². The second-order valence-corrected chi connectivity index (χ2v) is 4.87. The molecule has 5 heteroatoms. The van der Waals surface area contributed by atoms with Crippen molar-refractivity contribution >= 4 is 11.8 Å². The molecule has 1 saturated heterocycles. The third kappa shape index (κ3) is 3.43. The van der Waals surface area contributed by atoms with Crippen molar-refractivity contribution in [3.63, 3.8) is 0 Å². The molecule has 1 aliphatic heterocycles. The largest absolute Gasteiger partial charge is 0.387 e. The fourth-order valence-corrected chi connectivity index (χ4v) is 2.15. The quantitative estimate of drug-likeness (QED) is 0.762. The Bertz CT molecular complexity index is 283. The van der Waals surface area contributed by atoms with Crippen molar-refractivity contribution in [1.29, 1.82) is 0 Å². The zero-order valence-electron chi connectivity index (χ0n) is 10.8. The van der Waals surface area contributed by atoms with Crippen LogP contribution in [0.4, 0.5) is 0 Å².